The van der Waals surface area contributed by atoms with Crippen molar-refractivity contribution in [3.63, 3.8) is 0 Å². The van der Waals surface area contributed by atoms with Crippen LogP contribution in [0.25, 0.3) is 0 Å². The molecule has 3 heteroatoms. The van der Waals surface area contributed by atoms with Crippen molar-refractivity contribution in [2.24, 2.45) is 10.7 Å². The van der Waals surface area contributed by atoms with E-state index in [0.717, 1.165) is 5.82 Å². The minimum absolute atomic E-state index is 0.0259. The molecule has 3 nitrogen and oxygen atoms in total. The van der Waals surface area contributed by atoms with E-state index < -0.39 is 0 Å². The molecule has 0 heterocycles. The zero-order valence-electron chi connectivity index (χ0n) is 5.89. The molecule has 52 valence electrons. The number of hydrogen-bond donors (Lipinski definition) is 2. The number of nitrogens with one attached hydrogen (secondary N) is 1. The number of hydrogen-bond acceptors (Lipinski definition) is 3. The van der Waals surface area contributed by atoms with Crippen molar-refractivity contribution >= 4 is 6.72 Å². The van der Waals surface area contributed by atoms with Gasteiger partial charge in [0.15, 0.2) is 0 Å². The maximum absolute atomic E-state index is 5.44. The van der Waals surface area contributed by atoms with Crippen molar-refractivity contribution in [1.82, 2.24) is 5.32 Å². The van der Waals surface area contributed by atoms with Gasteiger partial charge in [-0.15, -0.1) is 0 Å². The van der Waals surface area contributed by atoms with Crippen LogP contribution >= 0.6 is 0 Å². The molecule has 0 rings (SSSR count). The fourth-order valence-corrected chi connectivity index (χ4v) is 0.464. The molecule has 0 spiro atoms. The molecule has 0 aromatic heterocycles. The van der Waals surface area contributed by atoms with Crippen LogP contribution in [0.15, 0.2) is 16.9 Å². The van der Waals surface area contributed by atoms with Gasteiger partial charge in [-0.2, -0.15) is 0 Å². The lowest BCUT2D eigenvalue weighted by atomic mass is 10.3. The third-order valence-electron chi connectivity index (χ3n) is 0.847. The van der Waals surface area contributed by atoms with Gasteiger partial charge in [-0.05, 0) is 19.7 Å². The van der Waals surface area contributed by atoms with E-state index in [0.29, 0.717) is 0 Å². The average molecular weight is 127 g/mol. The summed E-state index contributed by atoms with van der Waals surface area (Å²) in [5.74, 6) is 0.727. The van der Waals surface area contributed by atoms with Gasteiger partial charge in [0.1, 0.15) is 5.82 Å². The van der Waals surface area contributed by atoms with E-state index in [1.807, 2.05) is 6.92 Å². The first-order chi connectivity index (χ1) is 4.20. The van der Waals surface area contributed by atoms with Crippen molar-refractivity contribution in [2.45, 2.75) is 13.0 Å². The van der Waals surface area contributed by atoms with Gasteiger partial charge in [0.05, 0.1) is 0 Å². The standard InChI is InChI=1S/C6H13N3/c1-5(7)4-6(8-2)9-3/h4-5,9H,2,7H2,1,3H3/b6-4+. The third-order valence-corrected chi connectivity index (χ3v) is 0.847. The van der Waals surface area contributed by atoms with E-state index in [-0.39, 0.29) is 6.04 Å². The fraction of sp³-hybridized carbons (Fsp3) is 0.500. The Kier molecular flexibility index (Phi) is 3.71. The second-order valence-corrected chi connectivity index (χ2v) is 1.82. The van der Waals surface area contributed by atoms with Crippen LogP contribution in [0.1, 0.15) is 6.92 Å². The van der Waals surface area contributed by atoms with E-state index in [4.69, 9.17) is 5.73 Å². The molecule has 0 bridgehead atoms. The topological polar surface area (TPSA) is 50.4 Å². The molecule has 9 heavy (non-hydrogen) atoms. The van der Waals surface area contributed by atoms with Crippen LogP contribution < -0.4 is 11.1 Å². The smallest absolute Gasteiger partial charge is 0.122 e. The van der Waals surface area contributed by atoms with Gasteiger partial charge < -0.3 is 11.1 Å². The Labute approximate surface area is 55.7 Å². The van der Waals surface area contributed by atoms with Crippen LogP contribution in [0.5, 0.6) is 0 Å². The maximum Gasteiger partial charge on any atom is 0.122 e. The Morgan fingerprint density at radius 1 is 1.89 bits per heavy atom. The second-order valence-electron chi connectivity index (χ2n) is 1.82. The molecule has 0 radical (unpaired) electrons. The van der Waals surface area contributed by atoms with Gasteiger partial charge in [-0.25, -0.2) is 4.99 Å². The van der Waals surface area contributed by atoms with Crippen LogP contribution in [0, 0.1) is 0 Å². The number of nitrogens with zero attached hydrogens (tertiary/aromatic N) is 1. The van der Waals surface area contributed by atoms with Gasteiger partial charge in [0.2, 0.25) is 0 Å². The van der Waals surface area contributed by atoms with E-state index in [1.54, 1.807) is 13.1 Å². The Hall–Kier alpha value is -0.830. The highest BCUT2D eigenvalue weighted by molar-refractivity contribution is 5.28. The van der Waals surface area contributed by atoms with Gasteiger partial charge in [0, 0.05) is 13.1 Å². The molecule has 0 saturated carbocycles. The van der Waals surface area contributed by atoms with Crippen molar-refractivity contribution in [3.8, 4) is 0 Å². The fourth-order valence-electron chi connectivity index (χ4n) is 0.464. The third kappa shape index (κ3) is 3.73. The predicted octanol–water partition coefficient (Wildman–Crippen LogP) is 0.0950. The number of aliphatic imine (C=N–C) groups is 1. The zero-order chi connectivity index (χ0) is 7.28. The Balaban J connectivity index is 3.90. The molecular weight excluding hydrogens is 114 g/mol. The summed E-state index contributed by atoms with van der Waals surface area (Å²) in [7, 11) is 1.78. The summed E-state index contributed by atoms with van der Waals surface area (Å²) < 4.78 is 0. The molecule has 1 unspecified atom stereocenters. The lowest BCUT2D eigenvalue weighted by Gasteiger charge is -2.00. The van der Waals surface area contributed by atoms with E-state index in [9.17, 15) is 0 Å². The molecular formula is C6H13N3. The molecule has 0 aromatic rings. The average Bonchev–Trinajstić information content (AvgIpc) is 1.82. The largest absolute Gasteiger partial charge is 0.373 e. The first kappa shape index (κ1) is 8.17. The minimum atomic E-state index is 0.0259. The van der Waals surface area contributed by atoms with Crippen LogP contribution in [0.4, 0.5) is 0 Å². The van der Waals surface area contributed by atoms with Gasteiger partial charge in [-0.3, -0.25) is 0 Å². The Morgan fingerprint density at radius 2 is 2.44 bits per heavy atom. The lowest BCUT2D eigenvalue weighted by Crippen LogP contribution is -2.15. The minimum Gasteiger partial charge on any atom is -0.373 e. The monoisotopic (exact) mass is 127 g/mol. The molecule has 0 aliphatic rings. The Morgan fingerprint density at radius 3 is 2.56 bits per heavy atom. The summed E-state index contributed by atoms with van der Waals surface area (Å²) in [5.41, 5.74) is 5.44. The van der Waals surface area contributed by atoms with Gasteiger partial charge in [0.25, 0.3) is 0 Å². The summed E-state index contributed by atoms with van der Waals surface area (Å²) in [5, 5.41) is 2.84. The van der Waals surface area contributed by atoms with Crippen LogP contribution in [-0.2, 0) is 0 Å². The highest BCUT2D eigenvalue weighted by Crippen LogP contribution is 1.89. The van der Waals surface area contributed by atoms with Crippen LogP contribution in [0.2, 0.25) is 0 Å². The summed E-state index contributed by atoms with van der Waals surface area (Å²) in [4.78, 5) is 3.67. The van der Waals surface area contributed by atoms with Crippen molar-refractivity contribution in [2.75, 3.05) is 7.05 Å². The summed E-state index contributed by atoms with van der Waals surface area (Å²) in [6.45, 7) is 5.23. The summed E-state index contributed by atoms with van der Waals surface area (Å²) in [6.07, 6.45) is 1.80. The van der Waals surface area contributed by atoms with Crippen molar-refractivity contribution in [3.05, 3.63) is 11.9 Å². The van der Waals surface area contributed by atoms with E-state index in [1.165, 1.54) is 0 Å². The van der Waals surface area contributed by atoms with Crippen LogP contribution in [0.3, 0.4) is 0 Å². The normalized spacial score (nSPS) is 14.8. The molecule has 0 amide bonds. The predicted molar refractivity (Wildman–Crippen MR) is 40.3 cm³/mol. The van der Waals surface area contributed by atoms with Gasteiger partial charge >= 0.3 is 0 Å². The molecule has 0 saturated heterocycles. The van der Waals surface area contributed by atoms with Crippen molar-refractivity contribution in [1.29, 1.82) is 0 Å². The second kappa shape index (κ2) is 4.09. The lowest BCUT2D eigenvalue weighted by molar-refractivity contribution is 0.870. The number of nitrogens with two attached hydrogens (primary N) is 1. The Bertz CT molecular complexity index is 115. The summed E-state index contributed by atoms with van der Waals surface area (Å²) >= 11 is 0. The van der Waals surface area contributed by atoms with Gasteiger partial charge in [-0.1, -0.05) is 0 Å². The molecule has 0 aliphatic heterocycles. The highest BCUT2D eigenvalue weighted by atomic mass is 15.0. The quantitative estimate of drug-likeness (QED) is 0.528. The molecule has 0 aromatic carbocycles. The van der Waals surface area contributed by atoms with E-state index >= 15 is 0 Å². The number of rotatable bonds is 3. The first-order valence-electron chi connectivity index (χ1n) is 2.82. The molecule has 3 N–H and O–H groups in total. The molecule has 0 aliphatic carbocycles. The highest BCUT2D eigenvalue weighted by Gasteiger charge is 1.89. The maximum atomic E-state index is 5.44. The molecule has 0 fully saturated rings. The SMILES string of the molecule is C=N/C(=C\C(C)N)NC. The first-order valence-corrected chi connectivity index (χ1v) is 2.82. The zero-order valence-corrected chi connectivity index (χ0v) is 5.89. The summed E-state index contributed by atoms with van der Waals surface area (Å²) in [6, 6.07) is 0.0259. The van der Waals surface area contributed by atoms with Crippen LogP contribution in [-0.4, -0.2) is 19.8 Å². The van der Waals surface area contributed by atoms with Crippen molar-refractivity contribution < 1.29 is 0 Å². The molecule has 1 atom stereocenters. The van der Waals surface area contributed by atoms with E-state index in [2.05, 4.69) is 17.0 Å².